The largest absolute Gasteiger partial charge is 0.496 e. The smallest absolute Gasteiger partial charge is 0.128 e. The van der Waals surface area contributed by atoms with Crippen molar-refractivity contribution in [1.82, 2.24) is 0 Å². The molecule has 0 saturated heterocycles. The molecule has 0 bridgehead atoms. The molecule has 2 N–H and O–H groups in total. The Morgan fingerprint density at radius 1 is 1.17 bits per heavy atom. The van der Waals surface area contributed by atoms with Gasteiger partial charge in [-0.3, -0.25) is 0 Å². The molecule has 0 radical (unpaired) electrons. The van der Waals surface area contributed by atoms with E-state index in [-0.39, 0.29) is 5.82 Å². The predicted octanol–water partition coefficient (Wildman–Crippen LogP) is 3.64. The van der Waals surface area contributed by atoms with Gasteiger partial charge in [-0.2, -0.15) is 0 Å². The van der Waals surface area contributed by atoms with Crippen LogP contribution in [-0.4, -0.2) is 7.11 Å². The molecule has 94 valence electrons. The highest BCUT2D eigenvalue weighted by Crippen LogP contribution is 2.30. The van der Waals surface area contributed by atoms with Crippen molar-refractivity contribution in [2.45, 2.75) is 6.04 Å². The first-order valence-corrected chi connectivity index (χ1v) is 6.26. The van der Waals surface area contributed by atoms with Crippen LogP contribution in [0.1, 0.15) is 17.2 Å². The monoisotopic (exact) mass is 309 g/mol. The number of rotatable bonds is 3. The van der Waals surface area contributed by atoms with Crippen molar-refractivity contribution >= 4 is 15.9 Å². The highest BCUT2D eigenvalue weighted by atomic mass is 79.9. The number of halogens is 2. The van der Waals surface area contributed by atoms with Crippen LogP contribution < -0.4 is 10.5 Å². The van der Waals surface area contributed by atoms with E-state index in [0.717, 1.165) is 10.0 Å². The molecule has 0 amide bonds. The van der Waals surface area contributed by atoms with Crippen molar-refractivity contribution in [3.63, 3.8) is 0 Å². The third-order valence-corrected chi connectivity index (χ3v) is 3.26. The highest BCUT2D eigenvalue weighted by molar-refractivity contribution is 9.10. The summed E-state index contributed by atoms with van der Waals surface area (Å²) >= 11 is 3.32. The van der Waals surface area contributed by atoms with E-state index in [2.05, 4.69) is 15.9 Å². The van der Waals surface area contributed by atoms with Gasteiger partial charge in [0.15, 0.2) is 0 Å². The molecule has 0 aliphatic carbocycles. The van der Waals surface area contributed by atoms with Crippen molar-refractivity contribution in [2.24, 2.45) is 5.73 Å². The molecule has 0 spiro atoms. The fraction of sp³-hybridized carbons (Fsp3) is 0.143. The lowest BCUT2D eigenvalue weighted by atomic mass is 9.98. The average molecular weight is 310 g/mol. The normalized spacial score (nSPS) is 12.2. The van der Waals surface area contributed by atoms with Crippen LogP contribution in [0.2, 0.25) is 0 Å². The molecule has 2 rings (SSSR count). The zero-order valence-corrected chi connectivity index (χ0v) is 11.4. The molecular weight excluding hydrogens is 297 g/mol. The summed E-state index contributed by atoms with van der Waals surface area (Å²) in [7, 11) is 1.57. The van der Waals surface area contributed by atoms with Crippen LogP contribution in [0, 0.1) is 5.82 Å². The van der Waals surface area contributed by atoms with E-state index in [1.165, 1.54) is 6.07 Å². The third-order valence-electron chi connectivity index (χ3n) is 2.77. The van der Waals surface area contributed by atoms with Crippen molar-refractivity contribution in [1.29, 1.82) is 0 Å². The van der Waals surface area contributed by atoms with Gasteiger partial charge in [0.2, 0.25) is 0 Å². The maximum Gasteiger partial charge on any atom is 0.128 e. The topological polar surface area (TPSA) is 35.2 Å². The maximum absolute atomic E-state index is 13.8. The zero-order valence-electron chi connectivity index (χ0n) is 9.86. The van der Waals surface area contributed by atoms with Crippen LogP contribution in [-0.2, 0) is 0 Å². The predicted molar refractivity (Wildman–Crippen MR) is 73.1 cm³/mol. The molecule has 0 heterocycles. The Balaban J connectivity index is 2.47. The van der Waals surface area contributed by atoms with Gasteiger partial charge in [0, 0.05) is 15.6 Å². The summed E-state index contributed by atoms with van der Waals surface area (Å²) in [5.74, 6) is 0.334. The summed E-state index contributed by atoms with van der Waals surface area (Å²) in [6.45, 7) is 0. The summed E-state index contributed by atoms with van der Waals surface area (Å²) in [5.41, 5.74) is 7.32. The SMILES string of the molecule is COc1ccccc1C(N)c1cc(Br)ccc1F. The average Bonchev–Trinajstić information content (AvgIpc) is 2.40. The van der Waals surface area contributed by atoms with Crippen LogP contribution in [0.15, 0.2) is 46.9 Å². The summed E-state index contributed by atoms with van der Waals surface area (Å²) in [6.07, 6.45) is 0. The highest BCUT2D eigenvalue weighted by Gasteiger charge is 2.17. The van der Waals surface area contributed by atoms with E-state index in [4.69, 9.17) is 10.5 Å². The lowest BCUT2D eigenvalue weighted by Crippen LogP contribution is -2.14. The van der Waals surface area contributed by atoms with E-state index in [9.17, 15) is 4.39 Å². The number of nitrogens with two attached hydrogens (primary N) is 1. The molecule has 0 saturated carbocycles. The van der Waals surface area contributed by atoms with Gasteiger partial charge in [-0.1, -0.05) is 34.1 Å². The molecule has 0 aliphatic rings. The molecule has 4 heteroatoms. The Morgan fingerprint density at radius 3 is 2.61 bits per heavy atom. The van der Waals surface area contributed by atoms with Gasteiger partial charge in [0.1, 0.15) is 11.6 Å². The first-order valence-electron chi connectivity index (χ1n) is 5.47. The fourth-order valence-corrected chi connectivity index (χ4v) is 2.22. The summed E-state index contributed by atoms with van der Waals surface area (Å²) in [4.78, 5) is 0. The first-order chi connectivity index (χ1) is 8.63. The third kappa shape index (κ3) is 2.54. The van der Waals surface area contributed by atoms with Gasteiger partial charge in [0.25, 0.3) is 0 Å². The second-order valence-corrected chi connectivity index (χ2v) is 4.80. The minimum absolute atomic E-state index is 0.323. The van der Waals surface area contributed by atoms with Gasteiger partial charge in [-0.05, 0) is 24.3 Å². The maximum atomic E-state index is 13.8. The number of benzene rings is 2. The molecule has 0 aromatic heterocycles. The number of para-hydroxylation sites is 1. The Labute approximate surface area is 114 Å². The van der Waals surface area contributed by atoms with E-state index < -0.39 is 6.04 Å². The van der Waals surface area contributed by atoms with Crippen LogP contribution in [0.5, 0.6) is 5.75 Å². The van der Waals surface area contributed by atoms with E-state index in [1.54, 1.807) is 19.2 Å². The van der Waals surface area contributed by atoms with Crippen LogP contribution in [0.3, 0.4) is 0 Å². The van der Waals surface area contributed by atoms with Gasteiger partial charge in [-0.25, -0.2) is 4.39 Å². The molecule has 2 aromatic carbocycles. The lowest BCUT2D eigenvalue weighted by molar-refractivity contribution is 0.407. The van der Waals surface area contributed by atoms with Gasteiger partial charge < -0.3 is 10.5 Å². The first kappa shape index (κ1) is 13.1. The standard InChI is InChI=1S/C14H13BrFNO/c1-18-13-5-3-2-4-10(13)14(17)11-8-9(15)6-7-12(11)16/h2-8,14H,17H2,1H3. The van der Waals surface area contributed by atoms with E-state index in [1.807, 2.05) is 24.3 Å². The van der Waals surface area contributed by atoms with Gasteiger partial charge in [0.05, 0.1) is 13.2 Å². The number of ether oxygens (including phenoxy) is 1. The van der Waals surface area contributed by atoms with E-state index in [0.29, 0.717) is 11.3 Å². The van der Waals surface area contributed by atoms with Crippen molar-refractivity contribution in [2.75, 3.05) is 7.11 Å². The quantitative estimate of drug-likeness (QED) is 0.939. The van der Waals surface area contributed by atoms with Crippen molar-refractivity contribution in [3.05, 3.63) is 63.9 Å². The van der Waals surface area contributed by atoms with Gasteiger partial charge >= 0.3 is 0 Å². The number of methoxy groups -OCH3 is 1. The molecule has 2 aromatic rings. The van der Waals surface area contributed by atoms with Crippen LogP contribution in [0.25, 0.3) is 0 Å². The number of hydrogen-bond donors (Lipinski definition) is 1. The summed E-state index contributed by atoms with van der Waals surface area (Å²) in [6, 6.07) is 11.5. The fourth-order valence-electron chi connectivity index (χ4n) is 1.84. The Kier molecular flexibility index (Phi) is 3.99. The molecule has 1 unspecified atom stereocenters. The van der Waals surface area contributed by atoms with Crippen molar-refractivity contribution in [3.8, 4) is 5.75 Å². The molecule has 2 nitrogen and oxygen atoms in total. The number of hydrogen-bond acceptors (Lipinski definition) is 2. The Bertz CT molecular complexity index is 559. The Morgan fingerprint density at radius 2 is 1.89 bits per heavy atom. The molecule has 18 heavy (non-hydrogen) atoms. The minimum Gasteiger partial charge on any atom is -0.496 e. The van der Waals surface area contributed by atoms with Crippen molar-refractivity contribution < 1.29 is 9.13 Å². The molecular formula is C14H13BrFNO. The second-order valence-electron chi connectivity index (χ2n) is 3.89. The second kappa shape index (κ2) is 5.50. The minimum atomic E-state index is -0.557. The molecule has 1 atom stereocenters. The molecule has 0 aliphatic heterocycles. The van der Waals surface area contributed by atoms with Crippen LogP contribution >= 0.6 is 15.9 Å². The summed E-state index contributed by atoms with van der Waals surface area (Å²) in [5, 5.41) is 0. The molecule has 0 fully saturated rings. The van der Waals surface area contributed by atoms with Gasteiger partial charge in [-0.15, -0.1) is 0 Å². The Hall–Kier alpha value is -1.39. The zero-order chi connectivity index (χ0) is 13.1. The lowest BCUT2D eigenvalue weighted by Gasteiger charge is -2.16. The van der Waals surface area contributed by atoms with E-state index >= 15 is 0 Å². The summed E-state index contributed by atoms with van der Waals surface area (Å²) < 4.78 is 19.8. The van der Waals surface area contributed by atoms with Crippen LogP contribution in [0.4, 0.5) is 4.39 Å².